The first-order chi connectivity index (χ1) is 12.9. The van der Waals surface area contributed by atoms with Crippen LogP contribution in [0.1, 0.15) is 25.3 Å². The molecule has 7 nitrogen and oxygen atoms in total. The van der Waals surface area contributed by atoms with E-state index in [0.29, 0.717) is 48.1 Å². The number of likely N-dealkylation sites (tertiary alicyclic amines) is 1. The van der Waals surface area contributed by atoms with E-state index >= 15 is 0 Å². The van der Waals surface area contributed by atoms with Gasteiger partial charge < -0.3 is 19.7 Å². The summed E-state index contributed by atoms with van der Waals surface area (Å²) in [6.45, 7) is 2.76. The summed E-state index contributed by atoms with van der Waals surface area (Å²) in [5.41, 5.74) is 0.581. The number of amides is 2. The van der Waals surface area contributed by atoms with E-state index in [0.717, 1.165) is 0 Å². The average Bonchev–Trinajstić information content (AvgIpc) is 2.63. The highest BCUT2D eigenvalue weighted by molar-refractivity contribution is 6.35. The lowest BCUT2D eigenvalue weighted by atomic mass is 10.1. The van der Waals surface area contributed by atoms with Gasteiger partial charge in [-0.1, -0.05) is 29.3 Å². The molecule has 1 aliphatic rings. The summed E-state index contributed by atoms with van der Waals surface area (Å²) < 4.78 is 9.95. The molecule has 0 radical (unpaired) electrons. The zero-order valence-electron chi connectivity index (χ0n) is 15.0. The number of ether oxygens (including phenoxy) is 2. The fraction of sp³-hybridized carbons (Fsp3) is 0.500. The number of piperidine rings is 1. The standard InChI is InChI=1S/C18H22Cl2N2O5/c1-2-26-18(25)22-7-5-14(6-8-22)21-16(23)11-27-17(24)9-12-3-4-13(19)10-15(12)20/h3-4,10,14H,2,5-9,11H2,1H3,(H,21,23). The predicted octanol–water partition coefficient (Wildman–Crippen LogP) is 2.82. The minimum atomic E-state index is -0.550. The monoisotopic (exact) mass is 416 g/mol. The molecule has 1 aliphatic heterocycles. The highest BCUT2D eigenvalue weighted by atomic mass is 35.5. The van der Waals surface area contributed by atoms with Gasteiger partial charge in [-0.3, -0.25) is 9.59 Å². The zero-order chi connectivity index (χ0) is 19.8. The fourth-order valence-corrected chi connectivity index (χ4v) is 3.18. The number of carbonyl (C=O) groups is 3. The molecule has 0 unspecified atom stereocenters. The molecule has 2 amide bonds. The predicted molar refractivity (Wildman–Crippen MR) is 101 cm³/mol. The Kier molecular flexibility index (Phi) is 8.19. The smallest absolute Gasteiger partial charge is 0.409 e. The van der Waals surface area contributed by atoms with Crippen molar-refractivity contribution >= 4 is 41.2 Å². The van der Waals surface area contributed by atoms with Crippen molar-refractivity contribution in [3.05, 3.63) is 33.8 Å². The Hall–Kier alpha value is -1.99. The lowest BCUT2D eigenvalue weighted by Gasteiger charge is -2.31. The van der Waals surface area contributed by atoms with E-state index in [1.54, 1.807) is 30.0 Å². The number of nitrogens with zero attached hydrogens (tertiary/aromatic N) is 1. The quantitative estimate of drug-likeness (QED) is 0.720. The van der Waals surface area contributed by atoms with Gasteiger partial charge in [0.05, 0.1) is 13.0 Å². The third kappa shape index (κ3) is 6.92. The second-order valence-corrected chi connectivity index (χ2v) is 6.94. The highest BCUT2D eigenvalue weighted by Crippen LogP contribution is 2.21. The van der Waals surface area contributed by atoms with Gasteiger partial charge in [0, 0.05) is 29.2 Å². The SMILES string of the molecule is CCOC(=O)N1CCC(NC(=O)COC(=O)Cc2ccc(Cl)cc2Cl)CC1. The molecule has 1 fully saturated rings. The molecule has 9 heteroatoms. The van der Waals surface area contributed by atoms with Crippen molar-refractivity contribution < 1.29 is 23.9 Å². The van der Waals surface area contributed by atoms with Crippen molar-refractivity contribution in [2.75, 3.05) is 26.3 Å². The van der Waals surface area contributed by atoms with Gasteiger partial charge in [-0.15, -0.1) is 0 Å². The van der Waals surface area contributed by atoms with Gasteiger partial charge in [0.2, 0.25) is 0 Å². The van der Waals surface area contributed by atoms with Crippen LogP contribution in [0, 0.1) is 0 Å². The Morgan fingerprint density at radius 2 is 1.89 bits per heavy atom. The molecule has 0 bridgehead atoms. The van der Waals surface area contributed by atoms with Crippen LogP contribution in [-0.2, 0) is 25.5 Å². The molecule has 27 heavy (non-hydrogen) atoms. The van der Waals surface area contributed by atoms with Crippen LogP contribution in [-0.4, -0.2) is 55.2 Å². The third-order valence-electron chi connectivity index (χ3n) is 4.10. The van der Waals surface area contributed by atoms with Gasteiger partial charge in [0.15, 0.2) is 6.61 Å². The van der Waals surface area contributed by atoms with Gasteiger partial charge in [0.1, 0.15) is 0 Å². The molecule has 0 aromatic heterocycles. The van der Waals surface area contributed by atoms with E-state index < -0.39 is 5.97 Å². The van der Waals surface area contributed by atoms with Crippen LogP contribution >= 0.6 is 23.2 Å². The summed E-state index contributed by atoms with van der Waals surface area (Å²) in [6.07, 6.45) is 0.871. The number of halogens is 2. The van der Waals surface area contributed by atoms with Crippen LogP contribution in [0.5, 0.6) is 0 Å². The zero-order valence-corrected chi connectivity index (χ0v) is 16.5. The Morgan fingerprint density at radius 1 is 1.19 bits per heavy atom. The lowest BCUT2D eigenvalue weighted by Crippen LogP contribution is -2.47. The van der Waals surface area contributed by atoms with E-state index in [-0.39, 0.29) is 31.1 Å². The van der Waals surface area contributed by atoms with Crippen molar-refractivity contribution in [2.24, 2.45) is 0 Å². The van der Waals surface area contributed by atoms with E-state index in [1.807, 2.05) is 0 Å². The molecular formula is C18H22Cl2N2O5. The Bertz CT molecular complexity index is 690. The summed E-state index contributed by atoms with van der Waals surface area (Å²) in [6, 6.07) is 4.75. The van der Waals surface area contributed by atoms with Gasteiger partial charge in [-0.25, -0.2) is 4.79 Å². The van der Waals surface area contributed by atoms with Crippen LogP contribution in [0.15, 0.2) is 18.2 Å². The summed E-state index contributed by atoms with van der Waals surface area (Å²) in [5, 5.41) is 3.66. The summed E-state index contributed by atoms with van der Waals surface area (Å²) in [4.78, 5) is 37.1. The minimum Gasteiger partial charge on any atom is -0.455 e. The summed E-state index contributed by atoms with van der Waals surface area (Å²) in [7, 11) is 0. The number of rotatable bonds is 6. The van der Waals surface area contributed by atoms with Crippen molar-refractivity contribution in [1.82, 2.24) is 10.2 Å². The third-order valence-corrected chi connectivity index (χ3v) is 4.69. The number of benzene rings is 1. The molecule has 0 spiro atoms. The maximum Gasteiger partial charge on any atom is 0.409 e. The average molecular weight is 417 g/mol. The number of hydrogen-bond donors (Lipinski definition) is 1. The first kappa shape index (κ1) is 21.3. The molecule has 148 valence electrons. The lowest BCUT2D eigenvalue weighted by molar-refractivity contribution is -0.148. The number of nitrogens with one attached hydrogen (secondary N) is 1. The largest absolute Gasteiger partial charge is 0.455 e. The van der Waals surface area contributed by atoms with Gasteiger partial charge in [-0.05, 0) is 37.5 Å². The van der Waals surface area contributed by atoms with Crippen molar-refractivity contribution in [1.29, 1.82) is 0 Å². The van der Waals surface area contributed by atoms with E-state index in [2.05, 4.69) is 5.32 Å². The highest BCUT2D eigenvalue weighted by Gasteiger charge is 2.24. The van der Waals surface area contributed by atoms with E-state index in [1.165, 1.54) is 0 Å². The number of esters is 1. The van der Waals surface area contributed by atoms with Gasteiger partial charge in [0.25, 0.3) is 5.91 Å². The molecule has 1 saturated heterocycles. The molecular weight excluding hydrogens is 395 g/mol. The number of carbonyl (C=O) groups excluding carboxylic acids is 3. The molecule has 1 aromatic carbocycles. The maximum absolute atomic E-state index is 12.0. The van der Waals surface area contributed by atoms with Crippen LogP contribution in [0.25, 0.3) is 0 Å². The van der Waals surface area contributed by atoms with Crippen molar-refractivity contribution in [3.8, 4) is 0 Å². The fourth-order valence-electron chi connectivity index (χ4n) is 2.71. The Morgan fingerprint density at radius 3 is 2.52 bits per heavy atom. The maximum atomic E-state index is 12.0. The molecule has 0 aliphatic carbocycles. The van der Waals surface area contributed by atoms with Crippen LogP contribution in [0.4, 0.5) is 4.79 Å². The first-order valence-electron chi connectivity index (χ1n) is 8.69. The summed E-state index contributed by atoms with van der Waals surface area (Å²) in [5.74, 6) is -0.924. The summed E-state index contributed by atoms with van der Waals surface area (Å²) >= 11 is 11.8. The van der Waals surface area contributed by atoms with Crippen LogP contribution in [0.2, 0.25) is 10.0 Å². The van der Waals surface area contributed by atoms with Gasteiger partial charge in [-0.2, -0.15) is 0 Å². The van der Waals surface area contributed by atoms with Crippen molar-refractivity contribution in [3.63, 3.8) is 0 Å². The van der Waals surface area contributed by atoms with E-state index in [9.17, 15) is 14.4 Å². The molecule has 1 aromatic rings. The topological polar surface area (TPSA) is 84.9 Å². The molecule has 0 atom stereocenters. The normalized spacial score (nSPS) is 14.6. The Balaban J connectivity index is 1.69. The first-order valence-corrected chi connectivity index (χ1v) is 9.45. The molecule has 1 N–H and O–H groups in total. The van der Waals surface area contributed by atoms with Crippen LogP contribution < -0.4 is 5.32 Å². The molecule has 2 rings (SSSR count). The second-order valence-electron chi connectivity index (χ2n) is 6.10. The number of hydrogen-bond acceptors (Lipinski definition) is 5. The van der Waals surface area contributed by atoms with Crippen LogP contribution in [0.3, 0.4) is 0 Å². The van der Waals surface area contributed by atoms with E-state index in [4.69, 9.17) is 32.7 Å². The van der Waals surface area contributed by atoms with Gasteiger partial charge >= 0.3 is 12.1 Å². The Labute approximate surface area is 167 Å². The second kappa shape index (κ2) is 10.4. The molecule has 1 heterocycles. The van der Waals surface area contributed by atoms with Crippen molar-refractivity contribution in [2.45, 2.75) is 32.2 Å². The minimum absolute atomic E-state index is 0.0405. The molecule has 0 saturated carbocycles.